The number of carbonyl (C=O) groups is 1. The molecule has 2 aromatic rings. The van der Waals surface area contributed by atoms with E-state index in [1.807, 2.05) is 19.2 Å². The van der Waals surface area contributed by atoms with Crippen molar-refractivity contribution >= 4 is 22.8 Å². The summed E-state index contributed by atoms with van der Waals surface area (Å²) in [6.45, 7) is 3.23. The Morgan fingerprint density at radius 3 is 2.80 bits per heavy atom. The van der Waals surface area contributed by atoms with Crippen molar-refractivity contribution in [3.8, 4) is 0 Å². The van der Waals surface area contributed by atoms with E-state index in [4.69, 9.17) is 4.74 Å². The van der Waals surface area contributed by atoms with Crippen LogP contribution < -0.4 is 4.90 Å². The van der Waals surface area contributed by atoms with Crippen molar-refractivity contribution in [3.05, 3.63) is 46.0 Å². The van der Waals surface area contributed by atoms with E-state index in [0.717, 1.165) is 18.0 Å². The molecule has 0 aliphatic carbocycles. The SMILES string of the molecule is COCc1nc(N(C)Cc2ccccc2C)sc1C=O. The summed E-state index contributed by atoms with van der Waals surface area (Å²) in [6.07, 6.45) is 0.844. The Morgan fingerprint density at radius 1 is 1.40 bits per heavy atom. The third kappa shape index (κ3) is 3.23. The maximum Gasteiger partial charge on any atom is 0.186 e. The number of benzene rings is 1. The molecule has 0 radical (unpaired) electrons. The highest BCUT2D eigenvalue weighted by Gasteiger charge is 2.14. The molecule has 0 N–H and O–H groups in total. The number of hydrogen-bond donors (Lipinski definition) is 0. The normalized spacial score (nSPS) is 10.6. The summed E-state index contributed by atoms with van der Waals surface area (Å²) in [5.74, 6) is 0. The highest BCUT2D eigenvalue weighted by Crippen LogP contribution is 2.26. The van der Waals surface area contributed by atoms with Gasteiger partial charge in [-0.05, 0) is 18.1 Å². The Kier molecular flexibility index (Phi) is 4.87. The van der Waals surface area contributed by atoms with Gasteiger partial charge in [0.1, 0.15) is 0 Å². The van der Waals surface area contributed by atoms with Gasteiger partial charge in [0.15, 0.2) is 11.4 Å². The number of hydrogen-bond acceptors (Lipinski definition) is 5. The standard InChI is InChI=1S/C15H18N2O2S/c1-11-6-4-5-7-12(11)8-17(2)15-16-13(10-19-3)14(9-18)20-15/h4-7,9H,8,10H2,1-3H3. The molecule has 20 heavy (non-hydrogen) atoms. The summed E-state index contributed by atoms with van der Waals surface area (Å²) < 4.78 is 5.07. The fourth-order valence-corrected chi connectivity index (χ4v) is 2.80. The largest absolute Gasteiger partial charge is 0.378 e. The third-order valence-corrected chi connectivity index (χ3v) is 4.24. The molecule has 0 saturated heterocycles. The van der Waals surface area contributed by atoms with Gasteiger partial charge in [0, 0.05) is 20.7 Å². The van der Waals surface area contributed by atoms with Gasteiger partial charge in [-0.2, -0.15) is 0 Å². The number of thiazole rings is 1. The highest BCUT2D eigenvalue weighted by molar-refractivity contribution is 7.17. The van der Waals surface area contributed by atoms with Crippen molar-refractivity contribution in [2.45, 2.75) is 20.1 Å². The summed E-state index contributed by atoms with van der Waals surface area (Å²) in [7, 11) is 3.58. The van der Waals surface area contributed by atoms with Crippen LogP contribution in [0.5, 0.6) is 0 Å². The van der Waals surface area contributed by atoms with Crippen LogP contribution in [0.2, 0.25) is 0 Å². The minimum Gasteiger partial charge on any atom is -0.378 e. The summed E-state index contributed by atoms with van der Waals surface area (Å²) in [5.41, 5.74) is 3.22. The van der Waals surface area contributed by atoms with Gasteiger partial charge < -0.3 is 9.64 Å². The molecule has 0 bridgehead atoms. The van der Waals surface area contributed by atoms with Crippen LogP contribution in [0.1, 0.15) is 26.5 Å². The summed E-state index contributed by atoms with van der Waals surface area (Å²) in [4.78, 5) is 18.2. The zero-order chi connectivity index (χ0) is 14.5. The first-order valence-corrected chi connectivity index (χ1v) is 7.16. The molecule has 1 aromatic carbocycles. The van der Waals surface area contributed by atoms with Crippen molar-refractivity contribution < 1.29 is 9.53 Å². The highest BCUT2D eigenvalue weighted by atomic mass is 32.1. The van der Waals surface area contributed by atoms with Crippen molar-refractivity contribution in [1.82, 2.24) is 4.98 Å². The Morgan fingerprint density at radius 2 is 2.15 bits per heavy atom. The first kappa shape index (κ1) is 14.7. The number of rotatable bonds is 6. The number of anilines is 1. The number of ether oxygens (including phenoxy) is 1. The van der Waals surface area contributed by atoms with E-state index >= 15 is 0 Å². The molecule has 2 rings (SSSR count). The van der Waals surface area contributed by atoms with Crippen LogP contribution in [-0.4, -0.2) is 25.4 Å². The molecule has 0 atom stereocenters. The maximum absolute atomic E-state index is 11.0. The van der Waals surface area contributed by atoms with Gasteiger partial charge in [-0.15, -0.1) is 0 Å². The number of methoxy groups -OCH3 is 1. The molecule has 1 aromatic heterocycles. The molecule has 106 valence electrons. The van der Waals surface area contributed by atoms with E-state index < -0.39 is 0 Å². The molecule has 0 spiro atoms. The maximum atomic E-state index is 11.0. The van der Waals surface area contributed by atoms with Crippen LogP contribution in [-0.2, 0) is 17.9 Å². The Balaban J connectivity index is 2.19. The molecular weight excluding hydrogens is 272 g/mol. The lowest BCUT2D eigenvalue weighted by Crippen LogP contribution is -2.16. The summed E-state index contributed by atoms with van der Waals surface area (Å²) >= 11 is 1.40. The minimum absolute atomic E-state index is 0.364. The number of nitrogens with zero attached hydrogens (tertiary/aromatic N) is 2. The predicted octanol–water partition coefficient (Wildman–Crippen LogP) is 3.05. The van der Waals surface area contributed by atoms with Crippen molar-refractivity contribution in [1.29, 1.82) is 0 Å². The van der Waals surface area contributed by atoms with E-state index in [9.17, 15) is 4.79 Å². The second-order valence-corrected chi connectivity index (χ2v) is 5.65. The smallest absolute Gasteiger partial charge is 0.186 e. The Bertz CT molecular complexity index is 595. The topological polar surface area (TPSA) is 42.4 Å². The summed E-state index contributed by atoms with van der Waals surface area (Å²) in [5, 5.41) is 0.836. The Hall–Kier alpha value is -1.72. The van der Waals surface area contributed by atoms with Crippen LogP contribution >= 0.6 is 11.3 Å². The monoisotopic (exact) mass is 290 g/mol. The molecule has 5 heteroatoms. The average Bonchev–Trinajstić information content (AvgIpc) is 2.85. The molecule has 0 aliphatic heterocycles. The van der Waals surface area contributed by atoms with E-state index in [-0.39, 0.29) is 0 Å². The fraction of sp³-hybridized carbons (Fsp3) is 0.333. The van der Waals surface area contributed by atoms with Crippen molar-refractivity contribution in [3.63, 3.8) is 0 Å². The van der Waals surface area contributed by atoms with Gasteiger partial charge in [-0.3, -0.25) is 4.79 Å². The molecule has 0 saturated carbocycles. The number of carbonyl (C=O) groups excluding carboxylic acids is 1. The quantitative estimate of drug-likeness (QED) is 0.767. The third-order valence-electron chi connectivity index (χ3n) is 3.10. The molecule has 4 nitrogen and oxygen atoms in total. The van der Waals surface area contributed by atoms with Gasteiger partial charge in [0.05, 0.1) is 17.2 Å². The average molecular weight is 290 g/mol. The Labute approximate surface area is 123 Å². The number of aryl methyl sites for hydroxylation is 1. The molecule has 1 heterocycles. The van der Waals surface area contributed by atoms with Gasteiger partial charge >= 0.3 is 0 Å². The lowest BCUT2D eigenvalue weighted by Gasteiger charge is -2.17. The predicted molar refractivity (Wildman–Crippen MR) is 81.5 cm³/mol. The fourth-order valence-electron chi connectivity index (χ4n) is 1.96. The van der Waals surface area contributed by atoms with E-state index in [0.29, 0.717) is 17.2 Å². The van der Waals surface area contributed by atoms with Gasteiger partial charge in [0.2, 0.25) is 0 Å². The first-order valence-electron chi connectivity index (χ1n) is 6.35. The van der Waals surface area contributed by atoms with E-state index in [1.165, 1.54) is 22.5 Å². The number of aldehydes is 1. The van der Waals surface area contributed by atoms with E-state index in [1.54, 1.807) is 7.11 Å². The zero-order valence-corrected chi connectivity index (χ0v) is 12.7. The van der Waals surface area contributed by atoms with Crippen LogP contribution in [0.3, 0.4) is 0 Å². The van der Waals surface area contributed by atoms with Gasteiger partial charge in [0.25, 0.3) is 0 Å². The molecular formula is C15H18N2O2S. The van der Waals surface area contributed by atoms with Crippen LogP contribution in [0, 0.1) is 6.92 Å². The lowest BCUT2D eigenvalue weighted by molar-refractivity contribution is 0.112. The second kappa shape index (κ2) is 6.63. The van der Waals surface area contributed by atoms with Crippen molar-refractivity contribution in [2.24, 2.45) is 0 Å². The van der Waals surface area contributed by atoms with Crippen LogP contribution in [0.25, 0.3) is 0 Å². The van der Waals surface area contributed by atoms with Crippen LogP contribution in [0.4, 0.5) is 5.13 Å². The second-order valence-electron chi connectivity index (χ2n) is 4.64. The molecule has 0 fully saturated rings. The molecule has 0 unspecified atom stereocenters. The van der Waals surface area contributed by atoms with E-state index in [2.05, 4.69) is 28.9 Å². The zero-order valence-electron chi connectivity index (χ0n) is 11.9. The first-order chi connectivity index (χ1) is 9.65. The number of aromatic nitrogens is 1. The summed E-state index contributed by atoms with van der Waals surface area (Å²) in [6, 6.07) is 8.27. The minimum atomic E-state index is 0.364. The molecule has 0 amide bonds. The lowest BCUT2D eigenvalue weighted by atomic mass is 10.1. The van der Waals surface area contributed by atoms with Gasteiger partial charge in [-0.1, -0.05) is 35.6 Å². The van der Waals surface area contributed by atoms with Crippen molar-refractivity contribution in [2.75, 3.05) is 19.1 Å². The van der Waals surface area contributed by atoms with Crippen LogP contribution in [0.15, 0.2) is 24.3 Å². The van der Waals surface area contributed by atoms with Gasteiger partial charge in [-0.25, -0.2) is 4.98 Å². The molecule has 0 aliphatic rings.